The Labute approximate surface area is 122 Å². The standard InChI is InChI=1S/C15H17FN4O/c16-7-9-18-19-10-12-3-5-13(6-4-12)15(21)20-14-2-1-8-17-11-14/h1-6,8,11,18-19H,7,9-10H2,(H,20,21). The Morgan fingerprint density at radius 3 is 2.62 bits per heavy atom. The lowest BCUT2D eigenvalue weighted by Crippen LogP contribution is -2.32. The summed E-state index contributed by atoms with van der Waals surface area (Å²) in [7, 11) is 0. The van der Waals surface area contributed by atoms with Gasteiger partial charge in [0, 0.05) is 24.8 Å². The molecule has 6 heteroatoms. The summed E-state index contributed by atoms with van der Waals surface area (Å²) in [5, 5.41) is 2.77. The Kier molecular flexibility index (Phi) is 5.81. The minimum atomic E-state index is -0.416. The summed E-state index contributed by atoms with van der Waals surface area (Å²) in [4.78, 5) is 16.0. The molecule has 0 saturated heterocycles. The molecule has 0 atom stereocenters. The number of benzene rings is 1. The molecule has 0 aliphatic carbocycles. The minimum Gasteiger partial charge on any atom is -0.321 e. The molecule has 0 unspecified atom stereocenters. The van der Waals surface area contributed by atoms with Crippen LogP contribution in [0.5, 0.6) is 0 Å². The van der Waals surface area contributed by atoms with Gasteiger partial charge in [-0.05, 0) is 29.8 Å². The van der Waals surface area contributed by atoms with Crippen molar-refractivity contribution in [2.75, 3.05) is 18.5 Å². The first-order valence-electron chi connectivity index (χ1n) is 6.61. The van der Waals surface area contributed by atoms with Crippen molar-refractivity contribution in [2.45, 2.75) is 6.54 Å². The number of carbonyl (C=O) groups is 1. The maximum atomic E-state index is 12.0. The molecule has 0 saturated carbocycles. The second kappa shape index (κ2) is 8.08. The molecule has 2 aromatic rings. The summed E-state index contributed by atoms with van der Waals surface area (Å²) in [6.07, 6.45) is 3.24. The number of nitrogens with one attached hydrogen (secondary N) is 3. The number of carbonyl (C=O) groups excluding carboxylic acids is 1. The van der Waals surface area contributed by atoms with Crippen LogP contribution in [0.3, 0.4) is 0 Å². The van der Waals surface area contributed by atoms with Gasteiger partial charge in [-0.2, -0.15) is 0 Å². The van der Waals surface area contributed by atoms with Crippen LogP contribution in [0.1, 0.15) is 15.9 Å². The van der Waals surface area contributed by atoms with Crippen LogP contribution >= 0.6 is 0 Å². The van der Waals surface area contributed by atoms with Gasteiger partial charge in [0.25, 0.3) is 5.91 Å². The molecule has 21 heavy (non-hydrogen) atoms. The Morgan fingerprint density at radius 2 is 1.95 bits per heavy atom. The summed E-state index contributed by atoms with van der Waals surface area (Å²) in [6, 6.07) is 10.7. The van der Waals surface area contributed by atoms with E-state index in [2.05, 4.69) is 21.2 Å². The van der Waals surface area contributed by atoms with Crippen LogP contribution in [0.2, 0.25) is 0 Å². The molecule has 2 rings (SSSR count). The van der Waals surface area contributed by atoms with Crippen molar-refractivity contribution in [1.29, 1.82) is 0 Å². The second-order valence-corrected chi connectivity index (χ2v) is 4.36. The number of alkyl halides is 1. The third kappa shape index (κ3) is 4.94. The number of anilines is 1. The number of hydrazine groups is 1. The number of amides is 1. The van der Waals surface area contributed by atoms with Gasteiger partial charge < -0.3 is 5.32 Å². The lowest BCUT2D eigenvalue weighted by atomic mass is 10.1. The highest BCUT2D eigenvalue weighted by atomic mass is 19.1. The molecule has 0 aliphatic rings. The van der Waals surface area contributed by atoms with Gasteiger partial charge in [-0.15, -0.1) is 0 Å². The largest absolute Gasteiger partial charge is 0.321 e. The molecule has 110 valence electrons. The topological polar surface area (TPSA) is 66.0 Å². The van der Waals surface area contributed by atoms with Crippen molar-refractivity contribution in [3.8, 4) is 0 Å². The first-order chi connectivity index (χ1) is 10.3. The van der Waals surface area contributed by atoms with Crippen molar-refractivity contribution in [1.82, 2.24) is 15.8 Å². The van der Waals surface area contributed by atoms with E-state index in [1.165, 1.54) is 0 Å². The average Bonchev–Trinajstić information content (AvgIpc) is 2.53. The normalized spacial score (nSPS) is 10.3. The van der Waals surface area contributed by atoms with E-state index in [1.807, 2.05) is 12.1 Å². The Morgan fingerprint density at radius 1 is 1.14 bits per heavy atom. The summed E-state index contributed by atoms with van der Waals surface area (Å²) < 4.78 is 11.9. The van der Waals surface area contributed by atoms with Crippen LogP contribution < -0.4 is 16.2 Å². The molecule has 3 N–H and O–H groups in total. The highest BCUT2D eigenvalue weighted by molar-refractivity contribution is 6.04. The number of aromatic nitrogens is 1. The molecule has 1 aromatic carbocycles. The van der Waals surface area contributed by atoms with Crippen LogP contribution in [0, 0.1) is 0 Å². The molecule has 0 spiro atoms. The first-order valence-corrected chi connectivity index (χ1v) is 6.61. The molecular formula is C15H17FN4O. The van der Waals surface area contributed by atoms with Gasteiger partial charge in [0.2, 0.25) is 0 Å². The fourth-order valence-electron chi connectivity index (χ4n) is 1.71. The van der Waals surface area contributed by atoms with Crippen LogP contribution in [0.15, 0.2) is 48.8 Å². The van der Waals surface area contributed by atoms with E-state index in [-0.39, 0.29) is 12.5 Å². The monoisotopic (exact) mass is 288 g/mol. The molecule has 0 bridgehead atoms. The first kappa shape index (κ1) is 15.1. The quantitative estimate of drug-likeness (QED) is 0.538. The summed E-state index contributed by atoms with van der Waals surface area (Å²) in [6.45, 7) is 0.413. The fraction of sp³-hybridized carbons (Fsp3) is 0.200. The van der Waals surface area contributed by atoms with E-state index in [1.54, 1.807) is 36.7 Å². The number of halogens is 1. The average molecular weight is 288 g/mol. The molecule has 1 heterocycles. The van der Waals surface area contributed by atoms with E-state index in [4.69, 9.17) is 0 Å². The third-order valence-electron chi connectivity index (χ3n) is 2.77. The second-order valence-electron chi connectivity index (χ2n) is 4.36. The van der Waals surface area contributed by atoms with Crippen molar-refractivity contribution in [3.05, 3.63) is 59.9 Å². The van der Waals surface area contributed by atoms with Crippen LogP contribution in [0.25, 0.3) is 0 Å². The van der Waals surface area contributed by atoms with Crippen molar-refractivity contribution >= 4 is 11.6 Å². The van der Waals surface area contributed by atoms with Crippen LogP contribution in [0.4, 0.5) is 10.1 Å². The Bertz CT molecular complexity index is 560. The van der Waals surface area contributed by atoms with E-state index < -0.39 is 6.67 Å². The van der Waals surface area contributed by atoms with Gasteiger partial charge in [0.15, 0.2) is 0 Å². The summed E-state index contributed by atoms with van der Waals surface area (Å²) in [5.74, 6) is -0.182. The summed E-state index contributed by atoms with van der Waals surface area (Å²) in [5.41, 5.74) is 7.86. The molecule has 0 aliphatic heterocycles. The Hall–Kier alpha value is -2.31. The number of hydrogen-bond acceptors (Lipinski definition) is 4. The number of rotatable bonds is 7. The minimum absolute atomic E-state index is 0.182. The maximum Gasteiger partial charge on any atom is 0.255 e. The predicted molar refractivity (Wildman–Crippen MR) is 79.4 cm³/mol. The third-order valence-corrected chi connectivity index (χ3v) is 2.77. The van der Waals surface area contributed by atoms with Crippen molar-refractivity contribution in [3.63, 3.8) is 0 Å². The van der Waals surface area contributed by atoms with Gasteiger partial charge in [0.05, 0.1) is 11.9 Å². The van der Waals surface area contributed by atoms with Crippen molar-refractivity contribution < 1.29 is 9.18 Å². The van der Waals surface area contributed by atoms with Crippen LogP contribution in [-0.2, 0) is 6.54 Å². The SMILES string of the molecule is O=C(Nc1cccnc1)c1ccc(CNNCCF)cc1. The van der Waals surface area contributed by atoms with E-state index >= 15 is 0 Å². The lowest BCUT2D eigenvalue weighted by Gasteiger charge is -2.07. The van der Waals surface area contributed by atoms with E-state index in [0.717, 1.165) is 5.56 Å². The zero-order valence-corrected chi connectivity index (χ0v) is 11.5. The van der Waals surface area contributed by atoms with Crippen molar-refractivity contribution in [2.24, 2.45) is 0 Å². The number of pyridine rings is 1. The number of nitrogens with zero attached hydrogens (tertiary/aromatic N) is 1. The van der Waals surface area contributed by atoms with Gasteiger partial charge in [-0.25, -0.2) is 4.39 Å². The molecule has 0 fully saturated rings. The zero-order chi connectivity index (χ0) is 14.9. The molecule has 0 radical (unpaired) electrons. The zero-order valence-electron chi connectivity index (χ0n) is 11.5. The van der Waals surface area contributed by atoms with Gasteiger partial charge >= 0.3 is 0 Å². The molecule has 1 amide bonds. The maximum absolute atomic E-state index is 12.0. The van der Waals surface area contributed by atoms with Gasteiger partial charge in [-0.3, -0.25) is 20.6 Å². The Balaban J connectivity index is 1.88. The van der Waals surface area contributed by atoms with E-state index in [0.29, 0.717) is 17.8 Å². The van der Waals surface area contributed by atoms with E-state index in [9.17, 15) is 9.18 Å². The van der Waals surface area contributed by atoms with Gasteiger partial charge in [-0.1, -0.05) is 12.1 Å². The fourth-order valence-corrected chi connectivity index (χ4v) is 1.71. The smallest absolute Gasteiger partial charge is 0.255 e. The predicted octanol–water partition coefficient (Wildman–Crippen LogP) is 1.90. The van der Waals surface area contributed by atoms with Gasteiger partial charge in [0.1, 0.15) is 6.67 Å². The molecule has 5 nitrogen and oxygen atoms in total. The molecule has 1 aromatic heterocycles. The lowest BCUT2D eigenvalue weighted by molar-refractivity contribution is 0.102. The molecular weight excluding hydrogens is 271 g/mol. The highest BCUT2D eigenvalue weighted by Gasteiger charge is 2.05. The summed E-state index contributed by atoms with van der Waals surface area (Å²) >= 11 is 0. The number of hydrogen-bond donors (Lipinski definition) is 3. The van der Waals surface area contributed by atoms with Crippen LogP contribution in [-0.4, -0.2) is 24.1 Å². The highest BCUT2D eigenvalue weighted by Crippen LogP contribution is 2.08.